The maximum Gasteiger partial charge on any atom is 0.339 e. The van der Waals surface area contributed by atoms with Crippen LogP contribution < -0.4 is 16.0 Å². The largest absolute Gasteiger partial charge is 0.507 e. The summed E-state index contributed by atoms with van der Waals surface area (Å²) in [6.07, 6.45) is 6.02. The van der Waals surface area contributed by atoms with Crippen molar-refractivity contribution in [2.24, 2.45) is 35.5 Å². The van der Waals surface area contributed by atoms with E-state index in [0.717, 1.165) is 23.5 Å². The third-order valence-corrected chi connectivity index (χ3v) is 12.6. The third-order valence-electron chi connectivity index (χ3n) is 12.6. The molecule has 13 nitrogen and oxygen atoms in total. The zero-order chi connectivity index (χ0) is 42.8. The maximum absolute atomic E-state index is 13.4. The van der Waals surface area contributed by atoms with Gasteiger partial charge in [0, 0.05) is 64.5 Å². The molecule has 4 bridgehead atoms. The molecule has 4 aliphatic rings. The van der Waals surface area contributed by atoms with Crippen molar-refractivity contribution in [1.29, 1.82) is 5.26 Å². The number of Topliss-reactive ketones (excluding diaryl/α,β-unsaturated/α-hetero) is 2. The van der Waals surface area contributed by atoms with Gasteiger partial charge in [0.1, 0.15) is 22.8 Å². The number of aromatic hydroxyl groups is 2. The Bertz CT molecular complexity index is 2410. The van der Waals surface area contributed by atoms with Crippen molar-refractivity contribution in [3.63, 3.8) is 0 Å². The van der Waals surface area contributed by atoms with E-state index in [1.54, 1.807) is 24.3 Å². The van der Waals surface area contributed by atoms with E-state index in [9.17, 15) is 49.3 Å². The molecule has 4 aliphatic carbocycles. The van der Waals surface area contributed by atoms with E-state index in [0.29, 0.717) is 35.3 Å². The number of anilines is 3. The van der Waals surface area contributed by atoms with Crippen molar-refractivity contribution in [1.82, 2.24) is 0 Å². The van der Waals surface area contributed by atoms with Gasteiger partial charge in [-0.15, -0.1) is 0 Å². The lowest BCUT2D eigenvalue weighted by Crippen LogP contribution is -2.48. The summed E-state index contributed by atoms with van der Waals surface area (Å²) >= 11 is 0. The van der Waals surface area contributed by atoms with E-state index in [-0.39, 0.29) is 63.7 Å². The van der Waals surface area contributed by atoms with Gasteiger partial charge in [-0.1, -0.05) is 24.3 Å². The van der Waals surface area contributed by atoms with Crippen molar-refractivity contribution < 1.29 is 44.1 Å². The second kappa shape index (κ2) is 17.2. The number of benzene rings is 4. The van der Waals surface area contributed by atoms with E-state index < -0.39 is 41.1 Å². The van der Waals surface area contributed by atoms with Crippen molar-refractivity contribution in [3.05, 3.63) is 112 Å². The van der Waals surface area contributed by atoms with Gasteiger partial charge in [-0.25, -0.2) is 4.79 Å². The van der Waals surface area contributed by atoms with E-state index in [1.807, 2.05) is 6.07 Å². The predicted molar refractivity (Wildman–Crippen MR) is 222 cm³/mol. The van der Waals surface area contributed by atoms with Gasteiger partial charge in [-0.3, -0.25) is 24.0 Å². The lowest BCUT2D eigenvalue weighted by Gasteiger charge is -2.53. The molecule has 1 unspecified atom stereocenters. The van der Waals surface area contributed by atoms with Gasteiger partial charge in [0.2, 0.25) is 5.91 Å². The third kappa shape index (κ3) is 8.64. The molecule has 60 heavy (non-hydrogen) atoms. The van der Waals surface area contributed by atoms with Crippen LogP contribution in [-0.2, 0) is 16.0 Å². The fourth-order valence-electron chi connectivity index (χ4n) is 9.65. The van der Waals surface area contributed by atoms with Gasteiger partial charge in [0.05, 0.1) is 17.6 Å². The molecule has 0 saturated heterocycles. The summed E-state index contributed by atoms with van der Waals surface area (Å²) in [5, 5.41) is 47.7. The van der Waals surface area contributed by atoms with Crippen molar-refractivity contribution in [2.75, 3.05) is 16.0 Å². The van der Waals surface area contributed by atoms with Crippen LogP contribution in [0.25, 0.3) is 0 Å². The summed E-state index contributed by atoms with van der Waals surface area (Å²) in [5.74, 6) is -2.21. The number of hydrogen-bond donors (Lipinski definition) is 6. The van der Waals surface area contributed by atoms with Crippen molar-refractivity contribution in [3.8, 4) is 17.6 Å². The molecule has 1 atom stereocenters. The first-order chi connectivity index (χ1) is 28.7. The number of amides is 3. The summed E-state index contributed by atoms with van der Waals surface area (Å²) in [4.78, 5) is 77.4. The summed E-state index contributed by atoms with van der Waals surface area (Å²) in [7, 11) is 0. The number of nitrogens with zero attached hydrogens (tertiary/aromatic N) is 1. The second-order valence-electron chi connectivity index (χ2n) is 16.5. The van der Waals surface area contributed by atoms with Crippen LogP contribution in [0, 0.1) is 60.7 Å². The van der Waals surface area contributed by atoms with Gasteiger partial charge >= 0.3 is 5.97 Å². The SMILES string of the molecule is Cc1c(NC(=O)c2ccc(NC(=O)c3ccc(NC(=O)C(CC#N)CC(=O)c4ccc(CC(=O)C5C6CC7CC(C6)CC5C7)cc4)cc3)c(C)c2O)ccc(C(=O)O)c1O. The fourth-order valence-corrected chi connectivity index (χ4v) is 9.65. The Morgan fingerprint density at radius 1 is 0.683 bits per heavy atom. The molecule has 0 heterocycles. The molecule has 4 aromatic carbocycles. The Hall–Kier alpha value is -6.81. The Morgan fingerprint density at radius 3 is 1.78 bits per heavy atom. The molecule has 3 amide bonds. The first-order valence-corrected chi connectivity index (χ1v) is 20.1. The molecule has 0 aromatic heterocycles. The number of carboxylic acid groups (broad SMARTS) is 1. The summed E-state index contributed by atoms with van der Waals surface area (Å²) in [5.41, 5.74) is 2.03. The number of phenols is 2. The fraction of sp³-hybridized carbons (Fsp3) is 0.340. The molecule has 4 aromatic rings. The Morgan fingerprint density at radius 2 is 1.22 bits per heavy atom. The smallest absolute Gasteiger partial charge is 0.339 e. The van der Waals surface area contributed by atoms with Crippen molar-refractivity contribution in [2.45, 2.75) is 65.2 Å². The van der Waals surface area contributed by atoms with Gasteiger partial charge in [-0.05, 0) is 124 Å². The van der Waals surface area contributed by atoms with Crippen molar-refractivity contribution >= 4 is 52.3 Å². The van der Waals surface area contributed by atoms with Crippen LogP contribution in [-0.4, -0.2) is 50.6 Å². The molecular formula is C47H46N4O9. The molecule has 4 saturated carbocycles. The second-order valence-corrected chi connectivity index (χ2v) is 16.5. The Kier molecular flexibility index (Phi) is 11.8. The van der Waals surface area contributed by atoms with Crippen LogP contribution in [0.2, 0.25) is 0 Å². The average Bonchev–Trinajstić information content (AvgIpc) is 3.21. The zero-order valence-corrected chi connectivity index (χ0v) is 33.3. The van der Waals surface area contributed by atoms with Crippen LogP contribution in [0.3, 0.4) is 0 Å². The highest BCUT2D eigenvalue weighted by Crippen LogP contribution is 2.57. The van der Waals surface area contributed by atoms with Gasteiger partial charge in [0.15, 0.2) is 5.78 Å². The minimum atomic E-state index is -1.33. The number of carboxylic acids is 1. The molecule has 6 N–H and O–H groups in total. The van der Waals surface area contributed by atoms with Gasteiger partial charge in [0.25, 0.3) is 11.8 Å². The highest BCUT2D eigenvalue weighted by atomic mass is 16.4. The highest BCUT2D eigenvalue weighted by Gasteiger charge is 2.50. The molecule has 8 rings (SSSR count). The number of ketones is 2. The average molecular weight is 811 g/mol. The van der Waals surface area contributed by atoms with E-state index in [4.69, 9.17) is 0 Å². The predicted octanol–water partition coefficient (Wildman–Crippen LogP) is 7.84. The topological polar surface area (TPSA) is 223 Å². The quantitative estimate of drug-likeness (QED) is 0.0677. The van der Waals surface area contributed by atoms with Crippen LogP contribution in [0.1, 0.15) is 103 Å². The Labute approximate surface area is 346 Å². The number of carbonyl (C=O) groups is 6. The summed E-state index contributed by atoms with van der Waals surface area (Å²) in [6, 6.07) is 20.1. The first kappa shape index (κ1) is 41.4. The minimum Gasteiger partial charge on any atom is -0.507 e. The van der Waals surface area contributed by atoms with E-state index >= 15 is 0 Å². The molecule has 0 spiro atoms. The summed E-state index contributed by atoms with van der Waals surface area (Å²) < 4.78 is 0. The maximum atomic E-state index is 13.4. The monoisotopic (exact) mass is 810 g/mol. The number of hydrogen-bond acceptors (Lipinski definition) is 9. The zero-order valence-electron chi connectivity index (χ0n) is 33.3. The lowest BCUT2D eigenvalue weighted by atomic mass is 9.51. The molecule has 13 heteroatoms. The van der Waals surface area contributed by atoms with Crippen LogP contribution in [0.5, 0.6) is 11.5 Å². The highest BCUT2D eigenvalue weighted by molar-refractivity contribution is 6.09. The molecule has 0 aliphatic heterocycles. The Balaban J connectivity index is 0.918. The first-order valence-electron chi connectivity index (χ1n) is 20.1. The standard InChI is InChI=1S/C47H46N4O9/c1-24-37(13-11-35(42(24)54)46(58)51-38-14-12-36(47(59)60)43(55)25(38)2)50-44(56)30-7-9-34(10-8-30)49-45(57)31(15-16-48)23-39(52)29-5-3-26(4-6-29)22-40(53)41-32-18-27-17-28(20-32)21-33(41)19-27/h3-14,27-28,31-33,41,54-55H,15,17-23H2,1-2H3,(H,49,57)(H,50,56)(H,51,58)(H,59,60). The van der Waals surface area contributed by atoms with Crippen LogP contribution in [0.15, 0.2) is 72.8 Å². The number of phenolic OH excluding ortho intramolecular Hbond substituents is 1. The van der Waals surface area contributed by atoms with Crippen LogP contribution in [0.4, 0.5) is 17.1 Å². The lowest BCUT2D eigenvalue weighted by molar-refractivity contribution is -0.135. The van der Waals surface area contributed by atoms with Crippen LogP contribution >= 0.6 is 0 Å². The minimum absolute atomic E-state index is 0.125. The summed E-state index contributed by atoms with van der Waals surface area (Å²) in [6.45, 7) is 2.94. The number of rotatable bonds is 14. The van der Waals surface area contributed by atoms with Gasteiger partial charge < -0.3 is 31.3 Å². The number of nitriles is 1. The number of aromatic carboxylic acids is 1. The van der Waals surface area contributed by atoms with E-state index in [2.05, 4.69) is 16.0 Å². The molecule has 0 radical (unpaired) electrons. The number of nitrogens with one attached hydrogen (secondary N) is 3. The molecular weight excluding hydrogens is 765 g/mol. The number of carbonyl (C=O) groups excluding carboxylic acids is 5. The van der Waals surface area contributed by atoms with E-state index in [1.165, 1.54) is 88.4 Å². The molecule has 4 fully saturated rings. The van der Waals surface area contributed by atoms with Gasteiger partial charge in [-0.2, -0.15) is 5.26 Å². The normalized spacial score (nSPS) is 20.4. The molecule has 308 valence electrons.